The fraction of sp³-hybridized carbons (Fsp3) is 0.222. The molecule has 1 heterocycles. The highest BCUT2D eigenvalue weighted by Gasteiger charge is 2.43. The second-order valence-corrected chi connectivity index (χ2v) is 7.86. The van der Waals surface area contributed by atoms with Crippen LogP contribution in [0.15, 0.2) is 64.6 Å². The summed E-state index contributed by atoms with van der Waals surface area (Å²) in [6.45, 7) is 1.06. The number of carbonyl (C=O) groups is 1. The third-order valence-electron chi connectivity index (χ3n) is 4.11. The van der Waals surface area contributed by atoms with E-state index in [1.807, 2.05) is 4.72 Å². The summed E-state index contributed by atoms with van der Waals surface area (Å²) in [6, 6.07) is 13.1. The molecule has 0 bridgehead atoms. The Morgan fingerprint density at radius 1 is 1.11 bits per heavy atom. The van der Waals surface area contributed by atoms with Gasteiger partial charge in [0.1, 0.15) is 5.71 Å². The van der Waals surface area contributed by atoms with Crippen molar-refractivity contribution < 1.29 is 26.4 Å². The SMILES string of the molecule is CC(=O)NS(=O)(=O)c1ccc(N2N=C(C(F)(F)F)CC2c2ccccc2)cc1. The minimum absolute atomic E-state index is 0.179. The van der Waals surface area contributed by atoms with Crippen LogP contribution >= 0.6 is 0 Å². The lowest BCUT2D eigenvalue weighted by atomic mass is 10.0. The van der Waals surface area contributed by atoms with E-state index in [0.717, 1.165) is 6.92 Å². The molecular weight excluding hydrogens is 395 g/mol. The van der Waals surface area contributed by atoms with Crippen LogP contribution < -0.4 is 9.73 Å². The molecule has 0 aliphatic carbocycles. The van der Waals surface area contributed by atoms with Crippen molar-refractivity contribution >= 4 is 27.3 Å². The molecule has 1 aliphatic rings. The van der Waals surface area contributed by atoms with E-state index in [1.165, 1.54) is 29.3 Å². The fourth-order valence-corrected chi connectivity index (χ4v) is 3.87. The fourth-order valence-electron chi connectivity index (χ4n) is 2.88. The summed E-state index contributed by atoms with van der Waals surface area (Å²) in [5.41, 5.74) is 0.0478. The van der Waals surface area contributed by atoms with E-state index >= 15 is 0 Å². The average Bonchev–Trinajstić information content (AvgIpc) is 3.07. The molecule has 0 aromatic heterocycles. The summed E-state index contributed by atoms with van der Waals surface area (Å²) in [5.74, 6) is -0.743. The van der Waals surface area contributed by atoms with Crippen molar-refractivity contribution in [3.8, 4) is 0 Å². The molecule has 28 heavy (non-hydrogen) atoms. The van der Waals surface area contributed by atoms with Crippen LogP contribution in [0.5, 0.6) is 0 Å². The lowest BCUT2D eigenvalue weighted by Gasteiger charge is -2.24. The van der Waals surface area contributed by atoms with Gasteiger partial charge < -0.3 is 0 Å². The van der Waals surface area contributed by atoms with Gasteiger partial charge in [-0.25, -0.2) is 13.1 Å². The van der Waals surface area contributed by atoms with E-state index in [2.05, 4.69) is 5.10 Å². The standard InChI is InChI=1S/C18H16F3N3O3S/c1-12(25)23-28(26,27)15-9-7-14(8-10-15)24-16(13-5-3-2-4-6-13)11-17(22-24)18(19,20)21/h2-10,16H,11H2,1H3,(H,23,25). The van der Waals surface area contributed by atoms with Crippen LogP contribution in [-0.4, -0.2) is 26.2 Å². The number of carbonyl (C=O) groups excluding carboxylic acids is 1. The predicted molar refractivity (Wildman–Crippen MR) is 97.2 cm³/mol. The highest BCUT2D eigenvalue weighted by molar-refractivity contribution is 7.90. The van der Waals surface area contributed by atoms with E-state index in [9.17, 15) is 26.4 Å². The van der Waals surface area contributed by atoms with Crippen molar-refractivity contribution in [3.63, 3.8) is 0 Å². The monoisotopic (exact) mass is 411 g/mol. The number of benzene rings is 2. The molecule has 148 valence electrons. The van der Waals surface area contributed by atoms with Gasteiger partial charge in [0, 0.05) is 13.3 Å². The van der Waals surface area contributed by atoms with Gasteiger partial charge in [0.05, 0.1) is 16.6 Å². The third-order valence-corrected chi connectivity index (χ3v) is 5.56. The van der Waals surface area contributed by atoms with Crippen molar-refractivity contribution in [1.82, 2.24) is 4.72 Å². The summed E-state index contributed by atoms with van der Waals surface area (Å²) in [6.07, 6.45) is -4.88. The summed E-state index contributed by atoms with van der Waals surface area (Å²) in [5, 5.41) is 4.96. The second kappa shape index (κ2) is 7.27. The number of amides is 1. The minimum Gasteiger partial charge on any atom is -0.274 e. The zero-order valence-corrected chi connectivity index (χ0v) is 15.5. The maximum absolute atomic E-state index is 13.2. The zero-order valence-electron chi connectivity index (χ0n) is 14.6. The normalized spacial score (nSPS) is 17.4. The number of hydrogen-bond acceptors (Lipinski definition) is 5. The smallest absolute Gasteiger partial charge is 0.274 e. The van der Waals surface area contributed by atoms with Crippen LogP contribution in [-0.2, 0) is 14.8 Å². The molecular formula is C18H16F3N3O3S. The number of anilines is 1. The summed E-state index contributed by atoms with van der Waals surface area (Å²) < 4.78 is 65.5. The lowest BCUT2D eigenvalue weighted by molar-refractivity contribution is -0.117. The maximum atomic E-state index is 13.2. The number of nitrogens with zero attached hydrogens (tertiary/aromatic N) is 2. The summed E-state index contributed by atoms with van der Waals surface area (Å²) in [7, 11) is -4.03. The Labute approximate surface area is 159 Å². The summed E-state index contributed by atoms with van der Waals surface area (Å²) >= 11 is 0. The van der Waals surface area contributed by atoms with Gasteiger partial charge in [-0.05, 0) is 29.8 Å². The Morgan fingerprint density at radius 3 is 2.25 bits per heavy atom. The number of hydrogen-bond donors (Lipinski definition) is 1. The number of sulfonamides is 1. The number of nitrogens with one attached hydrogen (secondary N) is 1. The van der Waals surface area contributed by atoms with E-state index in [4.69, 9.17) is 0 Å². The van der Waals surface area contributed by atoms with Crippen molar-refractivity contribution in [1.29, 1.82) is 0 Å². The van der Waals surface area contributed by atoms with Gasteiger partial charge in [-0.1, -0.05) is 30.3 Å². The molecule has 10 heteroatoms. The van der Waals surface area contributed by atoms with Gasteiger partial charge in [-0.2, -0.15) is 18.3 Å². The first-order valence-corrected chi connectivity index (χ1v) is 9.68. The maximum Gasteiger partial charge on any atom is 0.431 e. The van der Waals surface area contributed by atoms with Crippen LogP contribution in [0.2, 0.25) is 0 Å². The number of rotatable bonds is 4. The van der Waals surface area contributed by atoms with Crippen molar-refractivity contribution in [2.75, 3.05) is 5.01 Å². The summed E-state index contributed by atoms with van der Waals surface area (Å²) in [4.78, 5) is 10.8. The van der Waals surface area contributed by atoms with Gasteiger partial charge in [0.2, 0.25) is 5.91 Å². The average molecular weight is 411 g/mol. The van der Waals surface area contributed by atoms with Gasteiger partial charge in [0.15, 0.2) is 0 Å². The first-order chi connectivity index (χ1) is 13.1. The minimum atomic E-state index is -4.56. The van der Waals surface area contributed by atoms with E-state index in [1.54, 1.807) is 30.3 Å². The molecule has 6 nitrogen and oxygen atoms in total. The Hall–Kier alpha value is -2.88. The van der Waals surface area contributed by atoms with Crippen LogP contribution in [0.25, 0.3) is 0 Å². The molecule has 0 saturated heterocycles. The molecule has 3 rings (SSSR count). The van der Waals surface area contributed by atoms with Gasteiger partial charge in [0.25, 0.3) is 10.0 Å². The zero-order chi connectivity index (χ0) is 20.5. The topological polar surface area (TPSA) is 78.8 Å². The van der Waals surface area contributed by atoms with E-state index in [0.29, 0.717) is 11.3 Å². The molecule has 1 unspecified atom stereocenters. The van der Waals surface area contributed by atoms with Gasteiger partial charge >= 0.3 is 6.18 Å². The molecule has 0 spiro atoms. The molecule has 0 radical (unpaired) electrons. The molecule has 1 amide bonds. The van der Waals surface area contributed by atoms with Crippen LogP contribution in [0.4, 0.5) is 18.9 Å². The van der Waals surface area contributed by atoms with Crippen LogP contribution in [0.3, 0.4) is 0 Å². The van der Waals surface area contributed by atoms with Crippen LogP contribution in [0, 0.1) is 0 Å². The van der Waals surface area contributed by atoms with Crippen molar-refractivity contribution in [2.24, 2.45) is 5.10 Å². The molecule has 0 saturated carbocycles. The predicted octanol–water partition coefficient (Wildman–Crippen LogP) is 3.38. The highest BCUT2D eigenvalue weighted by atomic mass is 32.2. The Bertz CT molecular complexity index is 1000. The molecule has 0 fully saturated rings. The van der Waals surface area contributed by atoms with Gasteiger partial charge in [-0.15, -0.1) is 0 Å². The first kappa shape index (κ1) is 19.9. The van der Waals surface area contributed by atoms with Crippen molar-refractivity contribution in [2.45, 2.75) is 30.5 Å². The molecule has 1 atom stereocenters. The molecule has 2 aromatic carbocycles. The van der Waals surface area contributed by atoms with Crippen LogP contribution in [0.1, 0.15) is 24.9 Å². The first-order valence-electron chi connectivity index (χ1n) is 8.20. The van der Waals surface area contributed by atoms with Crippen molar-refractivity contribution in [3.05, 3.63) is 60.2 Å². The molecule has 1 N–H and O–H groups in total. The Balaban J connectivity index is 1.96. The Kier molecular flexibility index (Phi) is 5.16. The van der Waals surface area contributed by atoms with E-state index in [-0.39, 0.29) is 11.3 Å². The third kappa shape index (κ3) is 4.16. The largest absolute Gasteiger partial charge is 0.431 e. The lowest BCUT2D eigenvalue weighted by Crippen LogP contribution is -2.28. The second-order valence-electron chi connectivity index (χ2n) is 6.18. The van der Waals surface area contributed by atoms with E-state index < -0.39 is 33.9 Å². The number of halogens is 3. The highest BCUT2D eigenvalue weighted by Crippen LogP contribution is 2.39. The Morgan fingerprint density at radius 2 is 1.71 bits per heavy atom. The molecule has 1 aliphatic heterocycles. The molecule has 2 aromatic rings. The van der Waals surface area contributed by atoms with Gasteiger partial charge in [-0.3, -0.25) is 9.80 Å². The number of alkyl halides is 3. The number of hydrazone groups is 1. The quantitative estimate of drug-likeness (QED) is 0.837.